The van der Waals surface area contributed by atoms with Crippen LogP contribution in [0.25, 0.3) is 0 Å². The van der Waals surface area contributed by atoms with E-state index < -0.39 is 11.7 Å². The van der Waals surface area contributed by atoms with E-state index in [0.717, 1.165) is 29.0 Å². The van der Waals surface area contributed by atoms with Crippen molar-refractivity contribution in [3.8, 4) is 5.75 Å². The van der Waals surface area contributed by atoms with E-state index in [1.54, 1.807) is 14.2 Å². The summed E-state index contributed by atoms with van der Waals surface area (Å²) < 4.78 is 42.8. The molecule has 0 saturated heterocycles. The number of halogens is 4. The average molecular weight is 550 g/mol. The van der Waals surface area contributed by atoms with Gasteiger partial charge in [0.1, 0.15) is 5.75 Å². The van der Waals surface area contributed by atoms with Gasteiger partial charge < -0.3 is 20.7 Å². The first kappa shape index (κ1) is 26.5. The Morgan fingerprint density at radius 2 is 1.58 bits per heavy atom. The Labute approximate surface area is 196 Å². The Balaban J connectivity index is 0.00000480. The highest BCUT2D eigenvalue weighted by Gasteiger charge is 2.29. The van der Waals surface area contributed by atoms with E-state index in [4.69, 9.17) is 4.74 Å². The fourth-order valence-electron chi connectivity index (χ4n) is 2.58. The zero-order valence-corrected chi connectivity index (χ0v) is 19.6. The van der Waals surface area contributed by atoms with Crippen LogP contribution in [0, 0.1) is 0 Å². The molecule has 2 rings (SSSR count). The van der Waals surface area contributed by atoms with Crippen LogP contribution >= 0.6 is 24.0 Å². The predicted molar refractivity (Wildman–Crippen MR) is 125 cm³/mol. The molecule has 2 aromatic rings. The summed E-state index contributed by atoms with van der Waals surface area (Å²) in [4.78, 5) is 16.0. The first-order valence-corrected chi connectivity index (χ1v) is 9.32. The van der Waals surface area contributed by atoms with E-state index in [2.05, 4.69) is 20.9 Å². The Bertz CT molecular complexity index is 841. The van der Waals surface area contributed by atoms with Gasteiger partial charge in [-0.3, -0.25) is 9.79 Å². The van der Waals surface area contributed by atoms with Gasteiger partial charge in [0.2, 0.25) is 5.91 Å². The van der Waals surface area contributed by atoms with Gasteiger partial charge in [-0.25, -0.2) is 0 Å². The molecule has 10 heteroatoms. The highest BCUT2D eigenvalue weighted by Crippen LogP contribution is 2.29. The number of hydrogen-bond acceptors (Lipinski definition) is 3. The van der Waals surface area contributed by atoms with Crippen LogP contribution in [-0.2, 0) is 23.9 Å². The lowest BCUT2D eigenvalue weighted by Crippen LogP contribution is -2.43. The minimum absolute atomic E-state index is 0. The molecule has 2 aromatic carbocycles. The number of methoxy groups -OCH3 is 1. The number of alkyl halides is 3. The number of nitrogens with one attached hydrogen (secondary N) is 3. The molecule has 0 bridgehead atoms. The number of carbonyl (C=O) groups excluding carboxylic acids is 1. The summed E-state index contributed by atoms with van der Waals surface area (Å²) in [5.41, 5.74) is 1.05. The Morgan fingerprint density at radius 3 is 2.13 bits per heavy atom. The summed E-state index contributed by atoms with van der Waals surface area (Å²) in [6.07, 6.45) is -3.82. The molecule has 6 nitrogen and oxygen atoms in total. The Morgan fingerprint density at radius 1 is 0.968 bits per heavy atom. The summed E-state index contributed by atoms with van der Waals surface area (Å²) in [6.45, 7) is 0.888. The smallest absolute Gasteiger partial charge is 0.416 e. The van der Waals surface area contributed by atoms with Crippen LogP contribution in [0.1, 0.15) is 16.7 Å². The number of hydrogen-bond donors (Lipinski definition) is 3. The zero-order chi connectivity index (χ0) is 22.0. The number of rotatable bonds is 8. The van der Waals surface area contributed by atoms with Gasteiger partial charge in [0.15, 0.2) is 5.96 Å². The molecule has 170 valence electrons. The van der Waals surface area contributed by atoms with Gasteiger partial charge in [0.05, 0.1) is 19.2 Å². The lowest BCUT2D eigenvalue weighted by atomic mass is 10.1. The van der Waals surface area contributed by atoms with Crippen LogP contribution in [0.3, 0.4) is 0 Å². The fourth-order valence-corrected chi connectivity index (χ4v) is 2.58. The van der Waals surface area contributed by atoms with E-state index in [1.165, 1.54) is 12.1 Å². The molecule has 0 aliphatic heterocycles. The maximum atomic E-state index is 12.6. The maximum absolute atomic E-state index is 12.6. The van der Waals surface area contributed by atoms with Crippen molar-refractivity contribution in [3.63, 3.8) is 0 Å². The van der Waals surface area contributed by atoms with Crippen LogP contribution in [-0.4, -0.2) is 39.1 Å². The monoisotopic (exact) mass is 550 g/mol. The third kappa shape index (κ3) is 9.45. The predicted octanol–water partition coefficient (Wildman–Crippen LogP) is 3.36. The standard InChI is InChI=1S/C21H25F3N4O2.HI/c1-25-20(26-12-11-15-3-7-17(8-4-15)21(22,23)24)28-14-19(29)27-13-16-5-9-18(30-2)10-6-16;/h3-10H,11-14H2,1-2H3,(H,27,29)(H2,25,26,28);1H. The summed E-state index contributed by atoms with van der Waals surface area (Å²) in [7, 11) is 3.16. The van der Waals surface area contributed by atoms with Gasteiger partial charge in [0, 0.05) is 20.1 Å². The molecule has 0 atom stereocenters. The third-order valence-electron chi connectivity index (χ3n) is 4.28. The molecule has 0 aliphatic carbocycles. The largest absolute Gasteiger partial charge is 0.497 e. The van der Waals surface area contributed by atoms with Gasteiger partial charge in [-0.2, -0.15) is 13.2 Å². The third-order valence-corrected chi connectivity index (χ3v) is 4.28. The highest BCUT2D eigenvalue weighted by atomic mass is 127. The van der Waals surface area contributed by atoms with Crippen molar-refractivity contribution in [2.24, 2.45) is 4.99 Å². The molecule has 0 saturated carbocycles. The molecule has 0 spiro atoms. The van der Waals surface area contributed by atoms with Gasteiger partial charge in [-0.1, -0.05) is 24.3 Å². The zero-order valence-electron chi connectivity index (χ0n) is 17.3. The molecule has 31 heavy (non-hydrogen) atoms. The molecule has 0 radical (unpaired) electrons. The maximum Gasteiger partial charge on any atom is 0.416 e. The fraction of sp³-hybridized carbons (Fsp3) is 0.333. The number of nitrogens with zero attached hydrogens (tertiary/aromatic N) is 1. The second kappa shape index (κ2) is 13.0. The Hall–Kier alpha value is -2.50. The first-order chi connectivity index (χ1) is 14.3. The molecule has 0 fully saturated rings. The van der Waals surface area contributed by atoms with E-state index in [0.29, 0.717) is 25.5 Å². The Kier molecular flexibility index (Phi) is 11.2. The second-order valence-electron chi connectivity index (χ2n) is 6.42. The van der Waals surface area contributed by atoms with Crippen LogP contribution in [0.4, 0.5) is 13.2 Å². The molecule has 1 amide bonds. The normalized spacial score (nSPS) is 11.3. The van der Waals surface area contributed by atoms with Crippen LogP contribution in [0.5, 0.6) is 5.75 Å². The van der Waals surface area contributed by atoms with Crippen molar-refractivity contribution in [2.75, 3.05) is 27.2 Å². The van der Waals surface area contributed by atoms with Crippen molar-refractivity contribution in [1.82, 2.24) is 16.0 Å². The van der Waals surface area contributed by atoms with E-state index in [9.17, 15) is 18.0 Å². The molecule has 0 heterocycles. The molecular weight excluding hydrogens is 524 g/mol. The van der Waals surface area contributed by atoms with Crippen LogP contribution in [0.15, 0.2) is 53.5 Å². The average Bonchev–Trinajstić information content (AvgIpc) is 2.74. The number of guanidine groups is 1. The summed E-state index contributed by atoms with van der Waals surface area (Å²) >= 11 is 0. The van der Waals surface area contributed by atoms with Crippen molar-refractivity contribution in [2.45, 2.75) is 19.1 Å². The number of amides is 1. The molecule has 0 unspecified atom stereocenters. The first-order valence-electron chi connectivity index (χ1n) is 9.32. The summed E-state index contributed by atoms with van der Waals surface area (Å²) in [6, 6.07) is 12.4. The molecule has 0 aromatic heterocycles. The van der Waals surface area contributed by atoms with Gasteiger partial charge in [0.25, 0.3) is 0 Å². The quantitative estimate of drug-likeness (QED) is 0.268. The minimum Gasteiger partial charge on any atom is -0.497 e. The number of carbonyl (C=O) groups is 1. The minimum atomic E-state index is -4.34. The van der Waals surface area contributed by atoms with Gasteiger partial charge >= 0.3 is 6.18 Å². The van der Waals surface area contributed by atoms with Crippen LogP contribution < -0.4 is 20.7 Å². The lowest BCUT2D eigenvalue weighted by Gasteiger charge is -2.12. The topological polar surface area (TPSA) is 74.8 Å². The molecular formula is C21H26F3IN4O2. The van der Waals surface area contributed by atoms with Crippen LogP contribution in [0.2, 0.25) is 0 Å². The van der Waals surface area contributed by atoms with Crippen molar-refractivity contribution in [3.05, 3.63) is 65.2 Å². The number of ether oxygens (including phenoxy) is 1. The van der Waals surface area contributed by atoms with E-state index in [1.807, 2.05) is 24.3 Å². The van der Waals surface area contributed by atoms with Crippen molar-refractivity contribution >= 4 is 35.8 Å². The summed E-state index contributed by atoms with van der Waals surface area (Å²) in [5.74, 6) is 0.982. The van der Waals surface area contributed by atoms with E-state index in [-0.39, 0.29) is 36.4 Å². The summed E-state index contributed by atoms with van der Waals surface area (Å²) in [5, 5.41) is 8.72. The number of aliphatic imine (C=N–C) groups is 1. The lowest BCUT2D eigenvalue weighted by molar-refractivity contribution is -0.137. The highest BCUT2D eigenvalue weighted by molar-refractivity contribution is 14.0. The molecule has 0 aliphatic rings. The van der Waals surface area contributed by atoms with Gasteiger partial charge in [-0.15, -0.1) is 24.0 Å². The molecule has 3 N–H and O–H groups in total. The van der Waals surface area contributed by atoms with Crippen molar-refractivity contribution < 1.29 is 22.7 Å². The SMILES string of the molecule is CN=C(NCCc1ccc(C(F)(F)F)cc1)NCC(=O)NCc1ccc(OC)cc1.I. The number of benzene rings is 2. The van der Waals surface area contributed by atoms with E-state index >= 15 is 0 Å². The van der Waals surface area contributed by atoms with Crippen molar-refractivity contribution in [1.29, 1.82) is 0 Å². The second-order valence-corrected chi connectivity index (χ2v) is 6.42. The van der Waals surface area contributed by atoms with Gasteiger partial charge in [-0.05, 0) is 41.8 Å².